The van der Waals surface area contributed by atoms with E-state index in [0.29, 0.717) is 0 Å². The Labute approximate surface area is 76.4 Å². The van der Waals surface area contributed by atoms with Crippen LogP contribution in [0.15, 0.2) is 18.2 Å². The molecular formula is C10H10NO2-. The van der Waals surface area contributed by atoms with Gasteiger partial charge in [-0.2, -0.15) is 0 Å². The number of benzene rings is 1. The first-order chi connectivity index (χ1) is 6.29. The van der Waals surface area contributed by atoms with Crippen LogP contribution in [0, 0.1) is 0 Å². The van der Waals surface area contributed by atoms with Crippen LogP contribution >= 0.6 is 0 Å². The molecular weight excluding hydrogens is 166 g/mol. The zero-order valence-corrected chi connectivity index (χ0v) is 7.17. The van der Waals surface area contributed by atoms with Gasteiger partial charge in [-0.15, -0.1) is 0 Å². The maximum Gasteiger partial charge on any atom is 0.0736 e. The molecule has 0 bridgehead atoms. The number of anilines is 1. The summed E-state index contributed by atoms with van der Waals surface area (Å²) >= 11 is 0. The molecule has 68 valence electrons. The van der Waals surface area contributed by atoms with Crippen LogP contribution in [0.1, 0.15) is 22.3 Å². The Balaban J connectivity index is 2.52. The van der Waals surface area contributed by atoms with Crippen molar-refractivity contribution in [3.05, 3.63) is 29.3 Å². The van der Waals surface area contributed by atoms with Crippen LogP contribution in [0.2, 0.25) is 0 Å². The van der Waals surface area contributed by atoms with Crippen molar-refractivity contribution in [3.8, 4) is 0 Å². The zero-order chi connectivity index (χ0) is 9.26. The Morgan fingerprint density at radius 3 is 3.08 bits per heavy atom. The summed E-state index contributed by atoms with van der Waals surface area (Å²) in [6.45, 7) is 0.845. The Hall–Kier alpha value is -1.51. The summed E-state index contributed by atoms with van der Waals surface area (Å²) in [6.07, 6.45) is 2.01. The molecule has 2 rings (SSSR count). The van der Waals surface area contributed by atoms with Crippen LogP contribution in [0.4, 0.5) is 5.69 Å². The summed E-state index contributed by atoms with van der Waals surface area (Å²) in [5.74, 6) is -1.11. The van der Waals surface area contributed by atoms with Crippen molar-refractivity contribution in [1.82, 2.24) is 0 Å². The molecule has 13 heavy (non-hydrogen) atoms. The van der Waals surface area contributed by atoms with Gasteiger partial charge in [0.05, 0.1) is 5.97 Å². The van der Waals surface area contributed by atoms with E-state index >= 15 is 0 Å². The number of hydrogen-bond acceptors (Lipinski definition) is 3. The summed E-state index contributed by atoms with van der Waals surface area (Å²) < 4.78 is 0. The van der Waals surface area contributed by atoms with Gasteiger partial charge in [0.15, 0.2) is 0 Å². The van der Waals surface area contributed by atoms with Crippen LogP contribution in [0.25, 0.3) is 0 Å². The third-order valence-electron chi connectivity index (χ3n) is 2.30. The zero-order valence-electron chi connectivity index (χ0n) is 7.17. The smallest absolute Gasteiger partial charge is 0.0736 e. The van der Waals surface area contributed by atoms with E-state index in [0.717, 1.165) is 30.6 Å². The molecule has 1 heterocycles. The molecule has 0 radical (unpaired) electrons. The minimum absolute atomic E-state index is 0.275. The molecule has 1 N–H and O–H groups in total. The number of hydrogen-bond donors (Lipinski definition) is 1. The van der Waals surface area contributed by atoms with Crippen molar-refractivity contribution < 1.29 is 9.90 Å². The number of carbonyl (C=O) groups excluding carboxylic acids is 1. The number of para-hydroxylation sites is 1. The van der Waals surface area contributed by atoms with E-state index in [1.807, 2.05) is 6.07 Å². The summed E-state index contributed by atoms with van der Waals surface area (Å²) in [5, 5.41) is 13.8. The molecule has 0 fully saturated rings. The van der Waals surface area contributed by atoms with Crippen LogP contribution in [0.3, 0.4) is 0 Å². The maximum atomic E-state index is 10.7. The van der Waals surface area contributed by atoms with Gasteiger partial charge in [0.25, 0.3) is 0 Å². The standard InChI is InChI=1S/C10H11NO2/c12-10(13)8-5-1-3-7-4-2-6-11-9(7)8/h1,3,5,11H,2,4,6H2,(H,12,13)/p-1. The number of aryl methyl sites for hydroxylation is 1. The van der Waals surface area contributed by atoms with E-state index < -0.39 is 5.97 Å². The van der Waals surface area contributed by atoms with Crippen LogP contribution in [-0.2, 0) is 6.42 Å². The maximum absolute atomic E-state index is 10.7. The largest absolute Gasteiger partial charge is 0.545 e. The molecule has 1 aromatic carbocycles. The summed E-state index contributed by atoms with van der Waals surface area (Å²) in [7, 11) is 0. The molecule has 0 unspecified atom stereocenters. The average molecular weight is 176 g/mol. The third-order valence-corrected chi connectivity index (χ3v) is 2.30. The van der Waals surface area contributed by atoms with Gasteiger partial charge < -0.3 is 15.2 Å². The van der Waals surface area contributed by atoms with Crippen molar-refractivity contribution in [2.75, 3.05) is 11.9 Å². The molecule has 1 aliphatic heterocycles. The highest BCUT2D eigenvalue weighted by Crippen LogP contribution is 2.25. The van der Waals surface area contributed by atoms with Gasteiger partial charge in [-0.3, -0.25) is 0 Å². The van der Waals surface area contributed by atoms with Gasteiger partial charge in [0, 0.05) is 17.8 Å². The molecule has 0 spiro atoms. The van der Waals surface area contributed by atoms with E-state index in [-0.39, 0.29) is 5.56 Å². The number of aromatic carboxylic acids is 1. The van der Waals surface area contributed by atoms with Gasteiger partial charge >= 0.3 is 0 Å². The SMILES string of the molecule is O=C([O-])c1cccc2c1NCCC2. The van der Waals surface area contributed by atoms with E-state index in [9.17, 15) is 9.90 Å². The lowest BCUT2D eigenvalue weighted by Crippen LogP contribution is -2.25. The fourth-order valence-corrected chi connectivity index (χ4v) is 1.68. The second kappa shape index (κ2) is 3.09. The minimum Gasteiger partial charge on any atom is -0.545 e. The molecule has 0 amide bonds. The lowest BCUT2D eigenvalue weighted by atomic mass is 10.00. The normalized spacial score (nSPS) is 14.5. The van der Waals surface area contributed by atoms with Gasteiger partial charge in [-0.25, -0.2) is 0 Å². The van der Waals surface area contributed by atoms with Gasteiger partial charge in [-0.1, -0.05) is 18.2 Å². The highest BCUT2D eigenvalue weighted by atomic mass is 16.4. The molecule has 3 nitrogen and oxygen atoms in total. The van der Waals surface area contributed by atoms with E-state index in [1.54, 1.807) is 12.1 Å². The first kappa shape index (κ1) is 8.10. The molecule has 1 aliphatic rings. The predicted molar refractivity (Wildman–Crippen MR) is 47.6 cm³/mol. The summed E-state index contributed by atoms with van der Waals surface area (Å²) in [5.41, 5.74) is 2.10. The Kier molecular flexibility index (Phi) is 1.93. The van der Waals surface area contributed by atoms with Crippen molar-refractivity contribution in [2.24, 2.45) is 0 Å². The van der Waals surface area contributed by atoms with Crippen molar-refractivity contribution in [1.29, 1.82) is 0 Å². The first-order valence-corrected chi connectivity index (χ1v) is 4.36. The molecule has 1 aromatic rings. The molecule has 3 heteroatoms. The number of carboxylic acid groups (broad SMARTS) is 1. The molecule has 0 saturated heterocycles. The summed E-state index contributed by atoms with van der Waals surface area (Å²) in [4.78, 5) is 10.7. The van der Waals surface area contributed by atoms with Gasteiger partial charge in [-0.05, 0) is 18.4 Å². The number of carbonyl (C=O) groups is 1. The second-order valence-electron chi connectivity index (χ2n) is 3.16. The summed E-state index contributed by atoms with van der Waals surface area (Å²) in [6, 6.07) is 5.29. The van der Waals surface area contributed by atoms with E-state index in [2.05, 4.69) is 5.32 Å². The first-order valence-electron chi connectivity index (χ1n) is 4.36. The van der Waals surface area contributed by atoms with Crippen LogP contribution in [0.5, 0.6) is 0 Å². The quantitative estimate of drug-likeness (QED) is 0.674. The monoisotopic (exact) mass is 176 g/mol. The van der Waals surface area contributed by atoms with E-state index in [4.69, 9.17) is 0 Å². The number of fused-ring (bicyclic) bond motifs is 1. The Morgan fingerprint density at radius 1 is 1.46 bits per heavy atom. The van der Waals surface area contributed by atoms with Gasteiger partial charge in [0.1, 0.15) is 0 Å². The fraction of sp³-hybridized carbons (Fsp3) is 0.300. The highest BCUT2D eigenvalue weighted by Gasteiger charge is 2.11. The lowest BCUT2D eigenvalue weighted by molar-refractivity contribution is -0.254. The minimum atomic E-state index is -1.11. The Bertz CT molecular complexity index is 347. The van der Waals surface area contributed by atoms with Crippen LogP contribution < -0.4 is 10.4 Å². The fourth-order valence-electron chi connectivity index (χ4n) is 1.68. The highest BCUT2D eigenvalue weighted by molar-refractivity contribution is 5.93. The molecule has 0 saturated carbocycles. The topological polar surface area (TPSA) is 52.2 Å². The molecule has 0 aliphatic carbocycles. The predicted octanol–water partition coefficient (Wildman–Crippen LogP) is 0.408. The third kappa shape index (κ3) is 1.37. The number of nitrogens with one attached hydrogen (secondary N) is 1. The average Bonchev–Trinajstić information content (AvgIpc) is 2.17. The number of carboxylic acids is 1. The van der Waals surface area contributed by atoms with Crippen molar-refractivity contribution in [2.45, 2.75) is 12.8 Å². The van der Waals surface area contributed by atoms with Crippen molar-refractivity contribution >= 4 is 11.7 Å². The Morgan fingerprint density at radius 2 is 2.31 bits per heavy atom. The van der Waals surface area contributed by atoms with E-state index in [1.165, 1.54) is 0 Å². The lowest BCUT2D eigenvalue weighted by Gasteiger charge is -2.21. The molecule has 0 atom stereocenters. The number of rotatable bonds is 1. The van der Waals surface area contributed by atoms with Crippen LogP contribution in [-0.4, -0.2) is 12.5 Å². The van der Waals surface area contributed by atoms with Crippen molar-refractivity contribution in [3.63, 3.8) is 0 Å². The second-order valence-corrected chi connectivity index (χ2v) is 3.16. The molecule has 0 aromatic heterocycles. The van der Waals surface area contributed by atoms with Gasteiger partial charge in [0.2, 0.25) is 0 Å².